The largest absolute Gasteiger partial charge is 0.389 e. The van der Waals surface area contributed by atoms with Crippen molar-refractivity contribution in [3.8, 4) is 0 Å². The highest BCUT2D eigenvalue weighted by Crippen LogP contribution is 2.27. The third-order valence-corrected chi connectivity index (χ3v) is 4.57. The Hall–Kier alpha value is -0.510. The lowest BCUT2D eigenvalue weighted by Crippen LogP contribution is -2.29. The lowest BCUT2D eigenvalue weighted by Gasteiger charge is -2.24. The van der Waals surface area contributed by atoms with Gasteiger partial charge in [0.15, 0.2) is 0 Å². The van der Waals surface area contributed by atoms with Crippen LogP contribution < -0.4 is 5.32 Å². The highest BCUT2D eigenvalue weighted by Gasteiger charge is 2.22. The number of hydrogen-bond acceptors (Lipinski definition) is 3. The van der Waals surface area contributed by atoms with Crippen LogP contribution in [0.25, 0.3) is 0 Å². The van der Waals surface area contributed by atoms with E-state index in [9.17, 15) is 5.11 Å². The average Bonchev–Trinajstić information content (AvgIpc) is 2.43. The van der Waals surface area contributed by atoms with E-state index in [1.165, 1.54) is 10.5 Å². The molecule has 0 radical (unpaired) electrons. The first-order valence-corrected chi connectivity index (χ1v) is 7.77. The molecule has 18 heavy (non-hydrogen) atoms. The van der Waals surface area contributed by atoms with Crippen molar-refractivity contribution in [3.05, 3.63) is 29.8 Å². The van der Waals surface area contributed by atoms with Gasteiger partial charge in [0.2, 0.25) is 0 Å². The molecule has 2 nitrogen and oxygen atoms in total. The minimum Gasteiger partial charge on any atom is -0.389 e. The molecule has 0 aromatic heterocycles. The van der Waals surface area contributed by atoms with E-state index in [0.717, 1.165) is 31.7 Å². The van der Waals surface area contributed by atoms with Crippen molar-refractivity contribution in [2.75, 3.05) is 12.3 Å². The molecule has 1 rings (SSSR count). The third-order valence-electron chi connectivity index (χ3n) is 3.30. The first-order valence-electron chi connectivity index (χ1n) is 6.78. The van der Waals surface area contributed by atoms with Crippen LogP contribution in [0.1, 0.15) is 39.2 Å². The molecule has 0 unspecified atom stereocenters. The summed E-state index contributed by atoms with van der Waals surface area (Å²) in [5.74, 6) is 0.769. The summed E-state index contributed by atoms with van der Waals surface area (Å²) in [6.07, 6.45) is 1.63. The molecule has 3 heteroatoms. The Morgan fingerprint density at radius 3 is 2.56 bits per heavy atom. The van der Waals surface area contributed by atoms with Crippen molar-refractivity contribution in [3.63, 3.8) is 0 Å². The molecular weight excluding hydrogens is 242 g/mol. The SMILES string of the molecule is CCNCc1cccc(SCC(O)(CC)CC)c1. The van der Waals surface area contributed by atoms with Gasteiger partial charge in [-0.15, -0.1) is 11.8 Å². The monoisotopic (exact) mass is 267 g/mol. The molecule has 0 fully saturated rings. The predicted molar refractivity (Wildman–Crippen MR) is 80.1 cm³/mol. The fourth-order valence-corrected chi connectivity index (χ4v) is 2.94. The van der Waals surface area contributed by atoms with Gasteiger partial charge in [-0.2, -0.15) is 0 Å². The van der Waals surface area contributed by atoms with Gasteiger partial charge in [0.25, 0.3) is 0 Å². The number of aliphatic hydroxyl groups is 1. The Bertz CT molecular complexity index is 350. The van der Waals surface area contributed by atoms with Gasteiger partial charge < -0.3 is 10.4 Å². The zero-order valence-electron chi connectivity index (χ0n) is 11.7. The second kappa shape index (κ2) is 7.82. The van der Waals surface area contributed by atoms with Gasteiger partial charge in [-0.25, -0.2) is 0 Å². The third kappa shape index (κ3) is 5.01. The molecule has 0 heterocycles. The molecule has 0 aliphatic rings. The van der Waals surface area contributed by atoms with Crippen molar-refractivity contribution in [1.82, 2.24) is 5.32 Å². The van der Waals surface area contributed by atoms with Gasteiger partial charge in [0.05, 0.1) is 5.60 Å². The second-order valence-corrected chi connectivity index (χ2v) is 5.70. The van der Waals surface area contributed by atoms with E-state index in [1.54, 1.807) is 11.8 Å². The molecule has 0 amide bonds. The highest BCUT2D eigenvalue weighted by atomic mass is 32.2. The van der Waals surface area contributed by atoms with Gasteiger partial charge in [0.1, 0.15) is 0 Å². The Balaban J connectivity index is 2.56. The first kappa shape index (κ1) is 15.5. The van der Waals surface area contributed by atoms with E-state index < -0.39 is 5.60 Å². The zero-order chi connectivity index (χ0) is 13.4. The Morgan fingerprint density at radius 2 is 1.94 bits per heavy atom. The maximum atomic E-state index is 10.3. The van der Waals surface area contributed by atoms with Crippen LogP contribution in [0.2, 0.25) is 0 Å². The topological polar surface area (TPSA) is 32.3 Å². The summed E-state index contributed by atoms with van der Waals surface area (Å²) in [4.78, 5) is 1.24. The van der Waals surface area contributed by atoms with Crippen LogP contribution in [0.5, 0.6) is 0 Å². The van der Waals surface area contributed by atoms with E-state index in [2.05, 4.69) is 36.5 Å². The molecule has 2 N–H and O–H groups in total. The fraction of sp³-hybridized carbons (Fsp3) is 0.600. The molecule has 102 valence electrons. The quantitative estimate of drug-likeness (QED) is 0.708. The summed E-state index contributed by atoms with van der Waals surface area (Å²) in [7, 11) is 0. The standard InChI is InChI=1S/C15H25NOS/c1-4-15(17,5-2)12-18-14-9-7-8-13(10-14)11-16-6-3/h7-10,16-17H,4-6,11-12H2,1-3H3. The van der Waals surface area contributed by atoms with Crippen LogP contribution in [0.15, 0.2) is 29.2 Å². The van der Waals surface area contributed by atoms with Crippen molar-refractivity contribution in [2.24, 2.45) is 0 Å². The first-order chi connectivity index (χ1) is 8.63. The summed E-state index contributed by atoms with van der Waals surface area (Å²) in [6.45, 7) is 8.11. The highest BCUT2D eigenvalue weighted by molar-refractivity contribution is 7.99. The van der Waals surface area contributed by atoms with Crippen molar-refractivity contribution in [1.29, 1.82) is 0 Å². The Morgan fingerprint density at radius 1 is 1.22 bits per heavy atom. The lowest BCUT2D eigenvalue weighted by atomic mass is 10.0. The van der Waals surface area contributed by atoms with Crippen LogP contribution in [-0.2, 0) is 6.54 Å². The fourth-order valence-electron chi connectivity index (χ4n) is 1.69. The number of rotatable bonds is 8. The summed E-state index contributed by atoms with van der Waals surface area (Å²) in [6, 6.07) is 8.55. The molecule has 0 spiro atoms. The van der Waals surface area contributed by atoms with E-state index in [0.29, 0.717) is 0 Å². The molecule has 1 aromatic rings. The van der Waals surface area contributed by atoms with Crippen LogP contribution in [-0.4, -0.2) is 23.0 Å². The summed E-state index contributed by atoms with van der Waals surface area (Å²) in [5.41, 5.74) is 0.779. The van der Waals surface area contributed by atoms with Gasteiger partial charge >= 0.3 is 0 Å². The van der Waals surface area contributed by atoms with E-state index in [4.69, 9.17) is 0 Å². The molecule has 1 aromatic carbocycles. The minimum absolute atomic E-state index is 0.525. The summed E-state index contributed by atoms with van der Waals surface area (Å²) in [5, 5.41) is 13.6. The van der Waals surface area contributed by atoms with Crippen molar-refractivity contribution in [2.45, 2.75) is 50.7 Å². The molecule has 0 saturated carbocycles. The molecule has 0 aliphatic carbocycles. The van der Waals surface area contributed by atoms with Gasteiger partial charge in [0, 0.05) is 17.2 Å². The molecule has 0 atom stereocenters. The molecule has 0 aliphatic heterocycles. The van der Waals surface area contributed by atoms with Gasteiger partial charge in [-0.1, -0.05) is 32.9 Å². The van der Waals surface area contributed by atoms with Crippen LogP contribution >= 0.6 is 11.8 Å². The van der Waals surface area contributed by atoms with Gasteiger partial charge in [-0.3, -0.25) is 0 Å². The summed E-state index contributed by atoms with van der Waals surface area (Å²) < 4.78 is 0. The maximum Gasteiger partial charge on any atom is 0.0736 e. The number of benzene rings is 1. The normalized spacial score (nSPS) is 11.8. The Labute approximate surface area is 115 Å². The van der Waals surface area contributed by atoms with Gasteiger partial charge in [-0.05, 0) is 37.1 Å². The van der Waals surface area contributed by atoms with Crippen molar-refractivity contribution < 1.29 is 5.11 Å². The molecule has 0 bridgehead atoms. The summed E-state index contributed by atoms with van der Waals surface area (Å²) >= 11 is 1.75. The van der Waals surface area contributed by atoms with Crippen LogP contribution in [0, 0.1) is 0 Å². The van der Waals surface area contributed by atoms with E-state index in [-0.39, 0.29) is 0 Å². The smallest absolute Gasteiger partial charge is 0.0736 e. The Kier molecular flexibility index (Phi) is 6.76. The second-order valence-electron chi connectivity index (χ2n) is 4.65. The van der Waals surface area contributed by atoms with E-state index in [1.807, 2.05) is 13.8 Å². The van der Waals surface area contributed by atoms with E-state index >= 15 is 0 Å². The zero-order valence-corrected chi connectivity index (χ0v) is 12.5. The molecule has 0 saturated heterocycles. The number of thioether (sulfide) groups is 1. The predicted octanol–water partition coefficient (Wildman–Crippen LogP) is 3.44. The molecular formula is C15H25NOS. The average molecular weight is 267 g/mol. The minimum atomic E-state index is -0.525. The van der Waals surface area contributed by atoms with Crippen LogP contribution in [0.3, 0.4) is 0 Å². The van der Waals surface area contributed by atoms with Crippen molar-refractivity contribution >= 4 is 11.8 Å². The maximum absolute atomic E-state index is 10.3. The van der Waals surface area contributed by atoms with Crippen LogP contribution in [0.4, 0.5) is 0 Å². The number of nitrogens with one attached hydrogen (secondary N) is 1. The lowest BCUT2D eigenvalue weighted by molar-refractivity contribution is 0.0572. The number of hydrogen-bond donors (Lipinski definition) is 2.